The minimum Gasteiger partial charge on any atom is -0.348 e. The third kappa shape index (κ3) is 3.12. The van der Waals surface area contributed by atoms with Gasteiger partial charge < -0.3 is 10.2 Å². The third-order valence-electron chi connectivity index (χ3n) is 4.04. The van der Waals surface area contributed by atoms with Gasteiger partial charge in [0.15, 0.2) is 5.17 Å². The molecule has 1 unspecified atom stereocenters. The predicted octanol–water partition coefficient (Wildman–Crippen LogP) is 3.45. The minimum atomic E-state index is -0.203. The Bertz CT molecular complexity index is 808. The van der Waals surface area contributed by atoms with Gasteiger partial charge in [0.05, 0.1) is 11.6 Å². The number of nitrogens with one attached hydrogen (secondary N) is 1. The molecule has 1 fully saturated rings. The number of pyridine rings is 1. The number of aromatic nitrogens is 1. The van der Waals surface area contributed by atoms with Gasteiger partial charge in [-0.2, -0.15) is 0 Å². The monoisotopic (exact) mass is 358 g/mol. The first kappa shape index (κ1) is 15.5. The predicted molar refractivity (Wildman–Crippen MR) is 97.8 cm³/mol. The molecular weight excluding hydrogens is 344 g/mol. The van der Waals surface area contributed by atoms with Crippen molar-refractivity contribution in [2.45, 2.75) is 6.04 Å². The molecule has 4 rings (SSSR count). The van der Waals surface area contributed by atoms with Crippen molar-refractivity contribution >= 4 is 40.1 Å². The average molecular weight is 359 g/mol. The highest BCUT2D eigenvalue weighted by atomic mass is 35.5. The minimum absolute atomic E-state index is 0.141. The number of anilines is 1. The number of halogens is 1. The number of carbonyl (C=O) groups is 1. The van der Waals surface area contributed by atoms with Crippen molar-refractivity contribution in [1.82, 2.24) is 9.88 Å². The number of rotatable bonds is 3. The lowest BCUT2D eigenvalue weighted by molar-refractivity contribution is 0.102. The van der Waals surface area contributed by atoms with Crippen molar-refractivity contribution in [3.05, 3.63) is 58.9 Å². The highest BCUT2D eigenvalue weighted by molar-refractivity contribution is 8.14. The maximum absolute atomic E-state index is 12.3. The molecular formula is C17H15ClN4OS. The molecule has 2 aliphatic heterocycles. The summed E-state index contributed by atoms with van der Waals surface area (Å²) in [6, 6.07) is 11.3. The number of aliphatic imine (C=N–C) groups is 1. The van der Waals surface area contributed by atoms with Crippen LogP contribution in [0.3, 0.4) is 0 Å². The number of benzene rings is 1. The van der Waals surface area contributed by atoms with Crippen molar-refractivity contribution in [2.24, 2.45) is 4.99 Å². The largest absolute Gasteiger partial charge is 0.348 e. The lowest BCUT2D eigenvalue weighted by Gasteiger charge is -2.14. The maximum atomic E-state index is 12.3. The van der Waals surface area contributed by atoms with E-state index in [1.807, 2.05) is 30.0 Å². The zero-order valence-corrected chi connectivity index (χ0v) is 14.3. The molecule has 24 heavy (non-hydrogen) atoms. The molecule has 3 heterocycles. The fraction of sp³-hybridized carbons (Fsp3) is 0.235. The topological polar surface area (TPSA) is 57.6 Å². The summed E-state index contributed by atoms with van der Waals surface area (Å²) >= 11 is 7.56. The molecule has 0 radical (unpaired) electrons. The Balaban J connectivity index is 1.50. The summed E-state index contributed by atoms with van der Waals surface area (Å²) in [4.78, 5) is 23.3. The van der Waals surface area contributed by atoms with Gasteiger partial charge in [0.25, 0.3) is 5.91 Å². The van der Waals surface area contributed by atoms with Crippen molar-refractivity contribution in [1.29, 1.82) is 0 Å². The number of thioether (sulfide) groups is 1. The van der Waals surface area contributed by atoms with Crippen LogP contribution in [0.2, 0.25) is 5.15 Å². The van der Waals surface area contributed by atoms with Crippen LogP contribution in [0.1, 0.15) is 22.0 Å². The Morgan fingerprint density at radius 3 is 3.04 bits per heavy atom. The van der Waals surface area contributed by atoms with Crippen LogP contribution in [-0.4, -0.2) is 39.8 Å². The second-order valence-corrected chi connectivity index (χ2v) is 7.12. The van der Waals surface area contributed by atoms with Gasteiger partial charge >= 0.3 is 0 Å². The molecule has 1 amide bonds. The van der Waals surface area contributed by atoms with Crippen molar-refractivity contribution in [3.8, 4) is 0 Å². The van der Waals surface area contributed by atoms with Crippen molar-refractivity contribution < 1.29 is 4.79 Å². The quantitative estimate of drug-likeness (QED) is 0.854. The number of amidine groups is 1. The summed E-state index contributed by atoms with van der Waals surface area (Å²) < 4.78 is 0. The zero-order valence-electron chi connectivity index (χ0n) is 12.8. The molecule has 1 aromatic heterocycles. The zero-order chi connectivity index (χ0) is 16.5. The van der Waals surface area contributed by atoms with Gasteiger partial charge in [0, 0.05) is 30.7 Å². The van der Waals surface area contributed by atoms with E-state index in [1.165, 1.54) is 6.20 Å². The number of amides is 1. The lowest BCUT2D eigenvalue weighted by Crippen LogP contribution is -2.21. The van der Waals surface area contributed by atoms with E-state index in [0.29, 0.717) is 10.7 Å². The molecule has 0 bridgehead atoms. The van der Waals surface area contributed by atoms with Crippen molar-refractivity contribution in [3.63, 3.8) is 0 Å². The van der Waals surface area contributed by atoms with E-state index in [1.54, 1.807) is 12.1 Å². The van der Waals surface area contributed by atoms with E-state index < -0.39 is 0 Å². The summed E-state index contributed by atoms with van der Waals surface area (Å²) in [7, 11) is 0. The molecule has 1 aromatic carbocycles. The number of nitrogens with zero attached hydrogens (tertiary/aromatic N) is 3. The second kappa shape index (κ2) is 6.45. The van der Waals surface area contributed by atoms with E-state index in [2.05, 4.69) is 21.3 Å². The highest BCUT2D eigenvalue weighted by Gasteiger charge is 2.30. The Morgan fingerprint density at radius 1 is 1.33 bits per heavy atom. The van der Waals surface area contributed by atoms with Crippen LogP contribution in [0.4, 0.5) is 5.69 Å². The van der Waals surface area contributed by atoms with Gasteiger partial charge in [0.2, 0.25) is 0 Å². The molecule has 1 atom stereocenters. The molecule has 5 nitrogen and oxygen atoms in total. The molecule has 0 aliphatic carbocycles. The van der Waals surface area contributed by atoms with Crippen LogP contribution in [0, 0.1) is 0 Å². The lowest BCUT2D eigenvalue weighted by atomic mass is 10.1. The number of hydrogen-bond donors (Lipinski definition) is 1. The first-order valence-corrected chi connectivity index (χ1v) is 9.04. The van der Waals surface area contributed by atoms with Crippen LogP contribution in [0.15, 0.2) is 47.6 Å². The van der Waals surface area contributed by atoms with Gasteiger partial charge in [0.1, 0.15) is 5.15 Å². The number of hydrogen-bond acceptors (Lipinski definition) is 5. The summed E-state index contributed by atoms with van der Waals surface area (Å²) in [5, 5.41) is 4.41. The fourth-order valence-corrected chi connectivity index (χ4v) is 3.98. The van der Waals surface area contributed by atoms with Crippen molar-refractivity contribution in [2.75, 3.05) is 24.2 Å². The molecule has 2 aromatic rings. The molecule has 1 saturated heterocycles. The van der Waals surface area contributed by atoms with Gasteiger partial charge in [-0.3, -0.25) is 9.79 Å². The Kier molecular flexibility index (Phi) is 4.16. The maximum Gasteiger partial charge on any atom is 0.257 e. The average Bonchev–Trinajstić information content (AvgIpc) is 3.17. The molecule has 2 aliphatic rings. The van der Waals surface area contributed by atoms with Gasteiger partial charge in [-0.1, -0.05) is 35.5 Å². The van der Waals surface area contributed by atoms with Gasteiger partial charge in [-0.05, 0) is 29.8 Å². The smallest absolute Gasteiger partial charge is 0.257 e. The van der Waals surface area contributed by atoms with Gasteiger partial charge in [-0.15, -0.1) is 0 Å². The molecule has 1 N–H and O–H groups in total. The summed E-state index contributed by atoms with van der Waals surface area (Å²) in [5.74, 6) is 0.918. The van der Waals surface area contributed by atoms with E-state index in [-0.39, 0.29) is 11.9 Å². The summed E-state index contributed by atoms with van der Waals surface area (Å²) in [6.07, 6.45) is 1.47. The molecule has 0 spiro atoms. The molecule has 0 saturated carbocycles. The van der Waals surface area contributed by atoms with Crippen LogP contribution < -0.4 is 5.32 Å². The summed E-state index contributed by atoms with van der Waals surface area (Å²) in [6.45, 7) is 1.99. The molecule has 122 valence electrons. The number of carbonyl (C=O) groups excluding carboxylic acids is 1. The highest BCUT2D eigenvalue weighted by Crippen LogP contribution is 2.33. The van der Waals surface area contributed by atoms with Gasteiger partial charge in [-0.25, -0.2) is 4.98 Å². The normalized spacial score (nSPS) is 19.1. The fourth-order valence-electron chi connectivity index (χ4n) is 2.82. The van der Waals surface area contributed by atoms with E-state index >= 15 is 0 Å². The molecule has 7 heteroatoms. The Hall–Kier alpha value is -2.05. The third-order valence-corrected chi connectivity index (χ3v) is 5.27. The van der Waals surface area contributed by atoms with E-state index in [4.69, 9.17) is 16.6 Å². The van der Waals surface area contributed by atoms with Crippen LogP contribution >= 0.6 is 23.4 Å². The first-order chi connectivity index (χ1) is 11.7. The van der Waals surface area contributed by atoms with Crippen LogP contribution in [-0.2, 0) is 0 Å². The first-order valence-electron chi connectivity index (χ1n) is 7.67. The van der Waals surface area contributed by atoms with E-state index in [9.17, 15) is 4.79 Å². The van der Waals surface area contributed by atoms with Crippen LogP contribution in [0.5, 0.6) is 0 Å². The van der Waals surface area contributed by atoms with E-state index in [0.717, 1.165) is 35.3 Å². The standard InChI is InChI=1S/C17H15ClN4OS/c18-15-5-4-12(9-19-15)16(23)20-13-3-1-2-11(8-13)14-10-22-6-7-24-17(22)21-14/h1-5,8-9,14H,6-7,10H2,(H,20,23). The Morgan fingerprint density at radius 2 is 2.25 bits per heavy atom. The SMILES string of the molecule is O=C(Nc1cccc(C2CN3CCSC3=N2)c1)c1ccc(Cl)nc1. The van der Waals surface area contributed by atoms with Crippen LogP contribution in [0.25, 0.3) is 0 Å². The summed E-state index contributed by atoms with van der Waals surface area (Å²) in [5.41, 5.74) is 2.35. The Labute approximate surface area is 149 Å². The second-order valence-electron chi connectivity index (χ2n) is 5.67. The number of fused-ring (bicyclic) bond motifs is 1.